The number of H-pyrrole nitrogens is 1. The number of hydrogen-bond donors (Lipinski definition) is 2. The highest BCUT2D eigenvalue weighted by Gasteiger charge is 2.50. The molecule has 266 valence electrons. The Labute approximate surface area is 294 Å². The smallest absolute Gasteiger partial charge is 0.330 e. The topological polar surface area (TPSA) is 129 Å². The lowest BCUT2D eigenvalue weighted by atomic mass is 9.80. The number of aliphatic hydroxyl groups is 1. The van der Waals surface area contributed by atoms with Crippen molar-refractivity contribution in [3.63, 3.8) is 0 Å². The van der Waals surface area contributed by atoms with Gasteiger partial charge in [-0.1, -0.05) is 93.6 Å². The molecule has 4 aromatic rings. The van der Waals surface area contributed by atoms with E-state index in [9.17, 15) is 19.5 Å². The second kappa shape index (κ2) is 15.0. The van der Waals surface area contributed by atoms with Crippen LogP contribution in [0.25, 0.3) is 0 Å². The Morgan fingerprint density at radius 1 is 0.920 bits per heavy atom. The Hall–Kier alpha value is -4.13. The van der Waals surface area contributed by atoms with E-state index < -0.39 is 49.5 Å². The highest BCUT2D eigenvalue weighted by atomic mass is 28.4. The first-order valence-electron chi connectivity index (χ1n) is 16.9. The van der Waals surface area contributed by atoms with Gasteiger partial charge in [0.1, 0.15) is 23.2 Å². The molecule has 0 bridgehead atoms. The molecule has 1 aromatic heterocycles. The third-order valence-corrected chi connectivity index (χ3v) is 14.6. The van der Waals surface area contributed by atoms with Gasteiger partial charge in [0.15, 0.2) is 14.5 Å². The Kier molecular flexibility index (Phi) is 11.1. The lowest BCUT2D eigenvalue weighted by Gasteiger charge is -2.37. The predicted octanol–water partition coefficient (Wildman–Crippen LogP) is 5.72. The van der Waals surface area contributed by atoms with Gasteiger partial charge in [0, 0.05) is 24.8 Å². The number of nitrogens with one attached hydrogen (secondary N) is 1. The summed E-state index contributed by atoms with van der Waals surface area (Å²) in [5.41, 5.74) is 0.297. The number of aliphatic hydroxyl groups excluding tert-OH is 1. The zero-order chi connectivity index (χ0) is 36.3. The molecule has 1 saturated heterocycles. The van der Waals surface area contributed by atoms with E-state index in [0.717, 1.165) is 21.3 Å². The Morgan fingerprint density at radius 3 is 2.02 bits per heavy atom. The molecule has 0 amide bonds. The van der Waals surface area contributed by atoms with E-state index in [1.54, 1.807) is 14.0 Å². The first-order valence-corrected chi connectivity index (χ1v) is 19.8. The molecule has 50 heavy (non-hydrogen) atoms. The van der Waals surface area contributed by atoms with Crippen molar-refractivity contribution < 1.29 is 28.5 Å². The number of ketones is 1. The molecule has 3 aromatic carbocycles. The van der Waals surface area contributed by atoms with Gasteiger partial charge in [-0.05, 0) is 53.9 Å². The number of carbonyl (C=O) groups is 1. The number of Topliss-reactive ketones (excluding diaryl/α,β-unsaturated/α-hetero) is 1. The minimum Gasteiger partial charge on any atom is -0.497 e. The number of nitrogens with zero attached hydrogens (tertiary/aromatic N) is 1. The number of aromatic amines is 1. The summed E-state index contributed by atoms with van der Waals surface area (Å²) in [6, 6.07) is 27.1. The fourth-order valence-corrected chi connectivity index (χ4v) is 7.25. The average Bonchev–Trinajstić information content (AvgIpc) is 3.42. The van der Waals surface area contributed by atoms with E-state index in [-0.39, 0.29) is 36.0 Å². The van der Waals surface area contributed by atoms with Crippen molar-refractivity contribution in [2.45, 2.75) is 76.3 Å². The van der Waals surface area contributed by atoms with Crippen LogP contribution in [-0.2, 0) is 24.3 Å². The summed E-state index contributed by atoms with van der Waals surface area (Å²) in [4.78, 5) is 41.5. The summed E-state index contributed by atoms with van der Waals surface area (Å²) in [6.45, 7) is 12.3. The van der Waals surface area contributed by atoms with Crippen molar-refractivity contribution in [2.24, 2.45) is 5.92 Å². The molecule has 0 unspecified atom stereocenters. The lowest BCUT2D eigenvalue weighted by Crippen LogP contribution is -2.43. The fraction of sp³-hybridized carbons (Fsp3) is 0.410. The van der Waals surface area contributed by atoms with E-state index in [2.05, 4.69) is 38.8 Å². The SMILES string of the molecule is COc1ccc(C(OC[C@H]2O[C@@H](n3cc(C)c(=O)[nH]c3=O)[C@H](O)[C@@H]2C(=O)CCO[Si](C)(C)C(C)(C)C)(c2ccccc2)c2ccccc2)cc1. The highest BCUT2D eigenvalue weighted by Crippen LogP contribution is 2.43. The van der Waals surface area contributed by atoms with E-state index in [1.165, 1.54) is 6.20 Å². The van der Waals surface area contributed by atoms with Gasteiger partial charge in [-0.25, -0.2) is 4.79 Å². The molecule has 2 heterocycles. The standard InChI is InChI=1S/C39H48N2O8Si/c1-26-24-41(37(45)40-35(26)44)36-34(43)33(31(42)22-23-48-50(6,7)38(2,3)4)32(49-36)25-47-39(27-14-10-8-11-15-27,28-16-12-9-13-17-28)29-18-20-30(46-5)21-19-29/h8-21,24,32-34,36,43H,22-23,25H2,1-7H3,(H,40,44,45)/t32-,33-,34-,36-/m1/s1. The van der Waals surface area contributed by atoms with Gasteiger partial charge < -0.3 is 23.7 Å². The molecule has 10 nitrogen and oxygen atoms in total. The maximum atomic E-state index is 14.1. The molecule has 0 radical (unpaired) electrons. The molecule has 1 fully saturated rings. The minimum atomic E-state index is -2.15. The highest BCUT2D eigenvalue weighted by molar-refractivity contribution is 6.74. The van der Waals surface area contributed by atoms with Crippen molar-refractivity contribution >= 4 is 14.1 Å². The molecule has 0 aliphatic carbocycles. The molecule has 5 rings (SSSR count). The van der Waals surface area contributed by atoms with E-state index >= 15 is 0 Å². The fourth-order valence-electron chi connectivity index (χ4n) is 6.21. The predicted molar refractivity (Wildman–Crippen MR) is 194 cm³/mol. The molecule has 11 heteroatoms. The summed E-state index contributed by atoms with van der Waals surface area (Å²) in [5, 5.41) is 11.7. The van der Waals surface area contributed by atoms with Crippen LogP contribution >= 0.6 is 0 Å². The summed E-state index contributed by atoms with van der Waals surface area (Å²) in [7, 11) is -0.542. The Balaban J connectivity index is 1.55. The van der Waals surface area contributed by atoms with Crippen LogP contribution in [0.15, 0.2) is 101 Å². The van der Waals surface area contributed by atoms with Crippen molar-refractivity contribution in [2.75, 3.05) is 20.3 Å². The van der Waals surface area contributed by atoms with E-state index in [0.29, 0.717) is 5.75 Å². The van der Waals surface area contributed by atoms with E-state index in [1.807, 2.05) is 84.9 Å². The maximum Gasteiger partial charge on any atom is 0.330 e. The van der Waals surface area contributed by atoms with Crippen LogP contribution in [0.5, 0.6) is 5.75 Å². The molecule has 4 atom stereocenters. The molecule has 1 aliphatic heterocycles. The lowest BCUT2D eigenvalue weighted by molar-refractivity contribution is -0.130. The van der Waals surface area contributed by atoms with Crippen LogP contribution in [0, 0.1) is 12.8 Å². The number of ether oxygens (including phenoxy) is 3. The molecule has 2 N–H and O–H groups in total. The first-order chi connectivity index (χ1) is 23.7. The Morgan fingerprint density at radius 2 is 1.48 bits per heavy atom. The zero-order valence-electron chi connectivity index (χ0n) is 29.8. The summed E-state index contributed by atoms with van der Waals surface area (Å²) in [5.74, 6) is -0.640. The summed E-state index contributed by atoms with van der Waals surface area (Å²) < 4.78 is 26.4. The van der Waals surface area contributed by atoms with Crippen LogP contribution in [0.1, 0.15) is 55.7 Å². The van der Waals surface area contributed by atoms with Crippen LogP contribution in [0.3, 0.4) is 0 Å². The van der Waals surface area contributed by atoms with Crippen LogP contribution in [-0.4, -0.2) is 61.3 Å². The van der Waals surface area contributed by atoms with Gasteiger partial charge in [-0.3, -0.25) is 19.1 Å². The van der Waals surface area contributed by atoms with Crippen LogP contribution < -0.4 is 16.0 Å². The summed E-state index contributed by atoms with van der Waals surface area (Å²) >= 11 is 0. The number of hydrogen-bond acceptors (Lipinski definition) is 8. The average molecular weight is 701 g/mol. The first kappa shape index (κ1) is 37.1. The van der Waals surface area contributed by atoms with Crippen LogP contribution in [0.4, 0.5) is 0 Å². The van der Waals surface area contributed by atoms with Gasteiger partial charge >= 0.3 is 5.69 Å². The van der Waals surface area contributed by atoms with Crippen molar-refractivity contribution in [1.82, 2.24) is 9.55 Å². The number of rotatable bonds is 13. The molecule has 1 aliphatic rings. The van der Waals surface area contributed by atoms with Gasteiger partial charge in [0.05, 0.1) is 25.7 Å². The van der Waals surface area contributed by atoms with Gasteiger partial charge in [0.25, 0.3) is 5.56 Å². The Bertz CT molecular complexity index is 1830. The molecule has 0 spiro atoms. The monoisotopic (exact) mass is 700 g/mol. The zero-order valence-corrected chi connectivity index (χ0v) is 30.8. The normalized spacial score (nSPS) is 19.8. The molecular formula is C39H48N2O8Si. The van der Waals surface area contributed by atoms with E-state index in [4.69, 9.17) is 18.6 Å². The second-order valence-corrected chi connectivity index (χ2v) is 19.1. The van der Waals surface area contributed by atoms with Crippen molar-refractivity contribution in [3.05, 3.63) is 134 Å². The molecular weight excluding hydrogens is 653 g/mol. The summed E-state index contributed by atoms with van der Waals surface area (Å²) in [6.07, 6.45) is -2.22. The molecule has 0 saturated carbocycles. The largest absolute Gasteiger partial charge is 0.497 e. The number of methoxy groups -OCH3 is 1. The number of aryl methyl sites for hydroxylation is 1. The van der Waals surface area contributed by atoms with Crippen molar-refractivity contribution in [1.29, 1.82) is 0 Å². The van der Waals surface area contributed by atoms with Gasteiger partial charge in [0.2, 0.25) is 0 Å². The third-order valence-electron chi connectivity index (χ3n) is 10.1. The van der Waals surface area contributed by atoms with Gasteiger partial charge in [-0.2, -0.15) is 0 Å². The third kappa shape index (κ3) is 7.47. The number of carbonyl (C=O) groups excluding carboxylic acids is 1. The van der Waals surface area contributed by atoms with Crippen molar-refractivity contribution in [3.8, 4) is 5.75 Å². The number of aromatic nitrogens is 2. The quantitative estimate of drug-likeness (QED) is 0.134. The number of benzene rings is 3. The van der Waals surface area contributed by atoms with Crippen LogP contribution in [0.2, 0.25) is 18.1 Å². The van der Waals surface area contributed by atoms with Gasteiger partial charge in [-0.15, -0.1) is 0 Å². The maximum absolute atomic E-state index is 14.1. The second-order valence-electron chi connectivity index (χ2n) is 14.3. The minimum absolute atomic E-state index is 0.0430.